The summed E-state index contributed by atoms with van der Waals surface area (Å²) in [6.07, 6.45) is 7.29. The Morgan fingerprint density at radius 3 is 2.90 bits per heavy atom. The van der Waals surface area contributed by atoms with Gasteiger partial charge in [-0.2, -0.15) is 0 Å². The largest absolute Gasteiger partial charge is 0.306 e. The van der Waals surface area contributed by atoms with E-state index in [0.29, 0.717) is 10.8 Å². The van der Waals surface area contributed by atoms with Gasteiger partial charge in [0.2, 0.25) is 0 Å². The average molecular weight is 319 g/mol. The topological polar surface area (TPSA) is 35.1 Å². The van der Waals surface area contributed by atoms with Crippen LogP contribution in [0.25, 0.3) is 27.8 Å². The van der Waals surface area contributed by atoms with Crippen molar-refractivity contribution < 1.29 is 3.89 Å². The van der Waals surface area contributed by atoms with Gasteiger partial charge in [0, 0.05) is 41.3 Å². The van der Waals surface area contributed by atoms with Crippen molar-refractivity contribution in [2.45, 2.75) is 0 Å². The number of rotatable bonds is 2. The van der Waals surface area contributed by atoms with Crippen molar-refractivity contribution in [1.82, 2.24) is 18.3 Å². The van der Waals surface area contributed by atoms with Gasteiger partial charge in [0.05, 0.1) is 0 Å². The summed E-state index contributed by atoms with van der Waals surface area (Å²) in [7, 11) is 0. The van der Waals surface area contributed by atoms with Crippen molar-refractivity contribution in [3.05, 3.63) is 54.2 Å². The summed E-state index contributed by atoms with van der Waals surface area (Å²) in [5.41, 5.74) is 3.23. The molecule has 21 heavy (non-hydrogen) atoms. The number of halogens is 2. The predicted octanol–water partition coefficient (Wildman–Crippen LogP) is 4.39. The van der Waals surface area contributed by atoms with E-state index in [2.05, 4.69) is 9.97 Å². The first kappa shape index (κ1) is 12.7. The van der Waals surface area contributed by atoms with Gasteiger partial charge in [0.25, 0.3) is 0 Å². The van der Waals surface area contributed by atoms with Crippen LogP contribution in [0.3, 0.4) is 0 Å². The summed E-state index contributed by atoms with van der Waals surface area (Å²) < 4.78 is 16.4. The summed E-state index contributed by atoms with van der Waals surface area (Å²) in [6, 6.07) is 7.44. The lowest BCUT2D eigenvalue weighted by Crippen LogP contribution is -1.85. The van der Waals surface area contributed by atoms with E-state index in [0.717, 1.165) is 22.2 Å². The Bertz CT molecular complexity index is 962. The van der Waals surface area contributed by atoms with Crippen LogP contribution < -0.4 is 0 Å². The molecule has 4 nitrogen and oxygen atoms in total. The molecule has 0 aliphatic heterocycles. The maximum absolute atomic E-state index is 13.1. The highest BCUT2D eigenvalue weighted by atomic mass is 35.5. The molecule has 7 heteroatoms. The molecule has 0 fully saturated rings. The van der Waals surface area contributed by atoms with Crippen LogP contribution in [0.5, 0.6) is 0 Å². The summed E-state index contributed by atoms with van der Waals surface area (Å²) in [4.78, 5) is 8.41. The second-order valence-electron chi connectivity index (χ2n) is 4.55. The molecule has 0 spiro atoms. The van der Waals surface area contributed by atoms with E-state index >= 15 is 0 Å². The summed E-state index contributed by atoms with van der Waals surface area (Å²) in [6.45, 7) is 0. The zero-order valence-corrected chi connectivity index (χ0v) is 12.1. The molecule has 0 bridgehead atoms. The third-order valence-electron chi connectivity index (χ3n) is 3.36. The maximum Gasteiger partial charge on any atom is 0.171 e. The SMILES string of the molecule is FSn1cc(-c2ccc3nccn3c2)c2ccc(Cl)nc21. The van der Waals surface area contributed by atoms with Crippen LogP contribution in [-0.2, 0) is 0 Å². The van der Waals surface area contributed by atoms with Gasteiger partial charge in [0.15, 0.2) is 18.0 Å². The molecular weight excluding hydrogens is 311 g/mol. The van der Waals surface area contributed by atoms with Crippen LogP contribution in [0.15, 0.2) is 49.1 Å². The predicted molar refractivity (Wildman–Crippen MR) is 83.0 cm³/mol. The lowest BCUT2D eigenvalue weighted by Gasteiger charge is -2.01. The molecule has 0 radical (unpaired) electrons. The molecule has 0 saturated heterocycles. The number of imidazole rings is 1. The number of aromatic nitrogens is 4. The van der Waals surface area contributed by atoms with Crippen LogP contribution >= 0.6 is 23.9 Å². The number of fused-ring (bicyclic) bond motifs is 2. The van der Waals surface area contributed by atoms with Crippen LogP contribution in [0.2, 0.25) is 5.15 Å². The van der Waals surface area contributed by atoms with E-state index in [9.17, 15) is 3.89 Å². The van der Waals surface area contributed by atoms with Crippen LogP contribution in [0.1, 0.15) is 0 Å². The van der Waals surface area contributed by atoms with Crippen LogP contribution in [0, 0.1) is 0 Å². The van der Waals surface area contributed by atoms with E-state index in [1.54, 1.807) is 18.5 Å². The normalized spacial score (nSPS) is 11.5. The van der Waals surface area contributed by atoms with Gasteiger partial charge in [-0.25, -0.2) is 13.9 Å². The molecule has 0 unspecified atom stereocenters. The second kappa shape index (κ2) is 4.75. The van der Waals surface area contributed by atoms with E-state index in [4.69, 9.17) is 11.6 Å². The van der Waals surface area contributed by atoms with Crippen molar-refractivity contribution in [3.8, 4) is 11.1 Å². The fourth-order valence-corrected chi connectivity index (χ4v) is 2.91. The first-order valence-corrected chi connectivity index (χ1v) is 7.21. The second-order valence-corrected chi connectivity index (χ2v) is 5.47. The number of hydrogen-bond donors (Lipinski definition) is 0. The van der Waals surface area contributed by atoms with E-state index < -0.39 is 0 Å². The third-order valence-corrected chi connectivity index (χ3v) is 4.00. The maximum atomic E-state index is 13.1. The lowest BCUT2D eigenvalue weighted by molar-refractivity contribution is 0.919. The number of hydrogen-bond acceptors (Lipinski definition) is 3. The van der Waals surface area contributed by atoms with Gasteiger partial charge in [-0.1, -0.05) is 11.6 Å². The summed E-state index contributed by atoms with van der Waals surface area (Å²) in [5, 5.41) is 1.19. The Morgan fingerprint density at radius 2 is 2.05 bits per heavy atom. The molecule has 0 atom stereocenters. The molecular formula is C14H8ClFN4S. The minimum atomic E-state index is 0.104. The Kier molecular flexibility index (Phi) is 2.87. The molecule has 0 N–H and O–H groups in total. The third kappa shape index (κ3) is 1.99. The van der Waals surface area contributed by atoms with Crippen molar-refractivity contribution in [2.75, 3.05) is 0 Å². The van der Waals surface area contributed by atoms with Gasteiger partial charge < -0.3 is 4.40 Å². The van der Waals surface area contributed by atoms with Crippen molar-refractivity contribution in [3.63, 3.8) is 0 Å². The summed E-state index contributed by atoms with van der Waals surface area (Å²) >= 11 is 6.00. The highest BCUT2D eigenvalue weighted by molar-refractivity contribution is 7.92. The zero-order chi connectivity index (χ0) is 14.4. The minimum absolute atomic E-state index is 0.104. The Hall–Kier alpha value is -2.05. The Labute approximate surface area is 128 Å². The van der Waals surface area contributed by atoms with Crippen molar-refractivity contribution >= 4 is 40.6 Å². The van der Waals surface area contributed by atoms with Gasteiger partial charge in [-0.05, 0) is 24.3 Å². The first-order valence-electron chi connectivity index (χ1n) is 6.16. The van der Waals surface area contributed by atoms with Gasteiger partial charge >= 0.3 is 0 Å². The molecule has 4 aromatic rings. The Morgan fingerprint density at radius 1 is 1.14 bits per heavy atom. The molecule has 4 heterocycles. The lowest BCUT2D eigenvalue weighted by atomic mass is 10.1. The van der Waals surface area contributed by atoms with Gasteiger partial charge in [-0.3, -0.25) is 0 Å². The molecule has 104 valence electrons. The molecule has 0 amide bonds. The fraction of sp³-hybridized carbons (Fsp3) is 0. The monoisotopic (exact) mass is 318 g/mol. The van der Waals surface area contributed by atoms with E-state index in [-0.39, 0.29) is 12.3 Å². The highest BCUT2D eigenvalue weighted by Gasteiger charge is 2.13. The smallest absolute Gasteiger partial charge is 0.171 e. The molecule has 4 rings (SSSR count). The first-order chi connectivity index (χ1) is 10.3. The zero-order valence-electron chi connectivity index (χ0n) is 10.6. The van der Waals surface area contributed by atoms with Crippen LogP contribution in [-0.4, -0.2) is 18.3 Å². The number of pyridine rings is 2. The molecule has 0 aromatic carbocycles. The number of nitrogens with zero attached hydrogens (tertiary/aromatic N) is 4. The van der Waals surface area contributed by atoms with E-state index in [1.807, 2.05) is 35.0 Å². The standard InChI is InChI=1S/C14H8ClFN4S/c15-12-3-2-10-11(8-20(21-16)14(10)18-12)9-1-4-13-17-5-6-19(13)7-9/h1-8H. The molecule has 4 aromatic heterocycles. The van der Waals surface area contributed by atoms with Gasteiger partial charge in [-0.15, -0.1) is 3.89 Å². The fourth-order valence-electron chi connectivity index (χ4n) is 2.41. The summed E-state index contributed by atoms with van der Waals surface area (Å²) in [5.74, 6) is 0. The van der Waals surface area contributed by atoms with Crippen molar-refractivity contribution in [2.24, 2.45) is 0 Å². The molecule has 0 saturated carbocycles. The van der Waals surface area contributed by atoms with Gasteiger partial charge in [0.1, 0.15) is 10.8 Å². The molecule has 0 aliphatic rings. The molecule has 0 aliphatic carbocycles. The van der Waals surface area contributed by atoms with Crippen LogP contribution in [0.4, 0.5) is 3.89 Å². The van der Waals surface area contributed by atoms with Crippen molar-refractivity contribution in [1.29, 1.82) is 0 Å². The highest BCUT2D eigenvalue weighted by Crippen LogP contribution is 2.33. The minimum Gasteiger partial charge on any atom is -0.306 e. The Balaban J connectivity index is 2.00. The van der Waals surface area contributed by atoms with E-state index in [1.165, 1.54) is 3.97 Å². The quantitative estimate of drug-likeness (QED) is 0.514. The average Bonchev–Trinajstić information content (AvgIpc) is 3.09.